The molecule has 1 aromatic rings. The first-order chi connectivity index (χ1) is 12.0. The first-order valence-electron chi connectivity index (χ1n) is 8.55. The zero-order valence-electron chi connectivity index (χ0n) is 14.6. The van der Waals surface area contributed by atoms with Gasteiger partial charge in [-0.15, -0.1) is 0 Å². The average Bonchev–Trinajstić information content (AvgIpc) is 2.74. The third kappa shape index (κ3) is 3.75. The summed E-state index contributed by atoms with van der Waals surface area (Å²) in [6, 6.07) is 5.32. The standard InChI is InChI=1S/C18H23N3O4/c1-12(22)21-8-5-13(6-9-21)18(24)19-14-3-4-16-15(11-14)20(2)17(23)7-10-25-16/h3-4,11,13H,5-10H2,1-2H3,(H,19,24). The quantitative estimate of drug-likeness (QED) is 0.884. The predicted molar refractivity (Wildman–Crippen MR) is 93.6 cm³/mol. The highest BCUT2D eigenvalue weighted by Crippen LogP contribution is 2.33. The number of benzene rings is 1. The van der Waals surface area contributed by atoms with Crippen LogP contribution >= 0.6 is 0 Å². The summed E-state index contributed by atoms with van der Waals surface area (Å²) in [5.74, 6) is 0.522. The number of ether oxygens (including phenoxy) is 1. The third-order valence-corrected chi connectivity index (χ3v) is 4.85. The Morgan fingerprint density at radius 2 is 1.96 bits per heavy atom. The number of amides is 3. The number of nitrogens with zero attached hydrogens (tertiary/aromatic N) is 2. The van der Waals surface area contributed by atoms with Crippen LogP contribution in [0.2, 0.25) is 0 Å². The van der Waals surface area contributed by atoms with Gasteiger partial charge in [0.2, 0.25) is 17.7 Å². The van der Waals surface area contributed by atoms with Crippen molar-refractivity contribution in [1.29, 1.82) is 0 Å². The van der Waals surface area contributed by atoms with E-state index in [-0.39, 0.29) is 23.6 Å². The fourth-order valence-corrected chi connectivity index (χ4v) is 3.23. The smallest absolute Gasteiger partial charge is 0.230 e. The number of hydrogen-bond donors (Lipinski definition) is 1. The van der Waals surface area contributed by atoms with Crippen molar-refractivity contribution in [3.05, 3.63) is 18.2 Å². The second-order valence-electron chi connectivity index (χ2n) is 6.50. The van der Waals surface area contributed by atoms with Gasteiger partial charge < -0.3 is 19.9 Å². The van der Waals surface area contributed by atoms with Crippen molar-refractivity contribution < 1.29 is 19.1 Å². The van der Waals surface area contributed by atoms with Crippen LogP contribution < -0.4 is 15.0 Å². The summed E-state index contributed by atoms with van der Waals surface area (Å²) in [6.45, 7) is 3.14. The van der Waals surface area contributed by atoms with E-state index in [1.807, 2.05) is 0 Å². The Morgan fingerprint density at radius 3 is 2.64 bits per heavy atom. The Kier molecular flexibility index (Phi) is 4.92. The summed E-state index contributed by atoms with van der Waals surface area (Å²) in [5, 5.41) is 2.93. The van der Waals surface area contributed by atoms with Crippen molar-refractivity contribution in [2.45, 2.75) is 26.2 Å². The van der Waals surface area contributed by atoms with Gasteiger partial charge >= 0.3 is 0 Å². The number of anilines is 2. The largest absolute Gasteiger partial charge is 0.491 e. The molecule has 0 radical (unpaired) electrons. The summed E-state index contributed by atoms with van der Waals surface area (Å²) < 4.78 is 5.59. The Bertz CT molecular complexity index is 696. The Morgan fingerprint density at radius 1 is 1.24 bits per heavy atom. The molecule has 1 N–H and O–H groups in total. The van der Waals surface area contributed by atoms with E-state index in [0.717, 1.165) is 0 Å². The van der Waals surface area contributed by atoms with E-state index >= 15 is 0 Å². The van der Waals surface area contributed by atoms with Crippen LogP contribution in [0.5, 0.6) is 5.75 Å². The van der Waals surface area contributed by atoms with Crippen LogP contribution in [0.3, 0.4) is 0 Å². The predicted octanol–water partition coefficient (Wildman–Crippen LogP) is 1.63. The molecule has 0 bridgehead atoms. The lowest BCUT2D eigenvalue weighted by Crippen LogP contribution is -2.40. The van der Waals surface area contributed by atoms with Crippen LogP contribution in [-0.2, 0) is 14.4 Å². The van der Waals surface area contributed by atoms with Gasteiger partial charge in [0.15, 0.2) is 0 Å². The first-order valence-corrected chi connectivity index (χ1v) is 8.55. The van der Waals surface area contributed by atoms with Crippen molar-refractivity contribution in [1.82, 2.24) is 4.90 Å². The van der Waals surface area contributed by atoms with Crippen LogP contribution in [0.4, 0.5) is 11.4 Å². The molecule has 3 amide bonds. The zero-order chi connectivity index (χ0) is 18.0. The number of piperidine rings is 1. The summed E-state index contributed by atoms with van der Waals surface area (Å²) in [7, 11) is 1.71. The van der Waals surface area contributed by atoms with E-state index < -0.39 is 0 Å². The van der Waals surface area contributed by atoms with E-state index in [4.69, 9.17) is 4.74 Å². The maximum absolute atomic E-state index is 12.5. The second kappa shape index (κ2) is 7.13. The minimum Gasteiger partial charge on any atom is -0.491 e. The van der Waals surface area contributed by atoms with Gasteiger partial charge in [-0.25, -0.2) is 0 Å². The van der Waals surface area contributed by atoms with Gasteiger partial charge in [0.1, 0.15) is 5.75 Å². The van der Waals surface area contributed by atoms with E-state index in [9.17, 15) is 14.4 Å². The summed E-state index contributed by atoms with van der Waals surface area (Å²) in [4.78, 5) is 39.2. The van der Waals surface area contributed by atoms with Crippen LogP contribution in [0.1, 0.15) is 26.2 Å². The number of rotatable bonds is 2. The molecule has 134 valence electrons. The molecule has 0 aromatic heterocycles. The van der Waals surface area contributed by atoms with Crippen molar-refractivity contribution in [3.63, 3.8) is 0 Å². The van der Waals surface area contributed by atoms with E-state index in [1.54, 1.807) is 42.0 Å². The van der Waals surface area contributed by atoms with Crippen LogP contribution in [0, 0.1) is 5.92 Å². The first kappa shape index (κ1) is 17.3. The normalized spacial score (nSPS) is 18.2. The average molecular weight is 345 g/mol. The summed E-state index contributed by atoms with van der Waals surface area (Å²) >= 11 is 0. The number of carbonyl (C=O) groups is 3. The van der Waals surface area contributed by atoms with E-state index in [1.165, 1.54) is 0 Å². The van der Waals surface area contributed by atoms with E-state index in [2.05, 4.69) is 5.32 Å². The SMILES string of the molecule is CC(=O)N1CCC(C(=O)Nc2ccc3c(c2)N(C)C(=O)CCO3)CC1. The molecule has 2 aliphatic rings. The van der Waals surface area contributed by atoms with Crippen molar-refractivity contribution in [3.8, 4) is 5.75 Å². The lowest BCUT2D eigenvalue weighted by molar-refractivity contribution is -0.132. The molecule has 2 aliphatic heterocycles. The Hall–Kier alpha value is -2.57. The fraction of sp³-hybridized carbons (Fsp3) is 0.500. The summed E-state index contributed by atoms with van der Waals surface area (Å²) in [6.07, 6.45) is 1.66. The molecule has 0 spiro atoms. The highest BCUT2D eigenvalue weighted by Gasteiger charge is 2.26. The minimum atomic E-state index is -0.106. The zero-order valence-corrected chi connectivity index (χ0v) is 14.6. The van der Waals surface area contributed by atoms with Crippen molar-refractivity contribution >= 4 is 29.1 Å². The lowest BCUT2D eigenvalue weighted by Gasteiger charge is -2.30. The van der Waals surface area contributed by atoms with Gasteiger partial charge in [0.25, 0.3) is 0 Å². The minimum absolute atomic E-state index is 0.0150. The molecule has 25 heavy (non-hydrogen) atoms. The second-order valence-corrected chi connectivity index (χ2v) is 6.50. The van der Waals surface area contributed by atoms with Gasteiger partial charge in [-0.1, -0.05) is 0 Å². The third-order valence-electron chi connectivity index (χ3n) is 4.85. The van der Waals surface area contributed by atoms with E-state index in [0.29, 0.717) is 56.1 Å². The molecule has 7 heteroatoms. The van der Waals surface area contributed by atoms with Gasteiger partial charge in [-0.05, 0) is 31.0 Å². The molecule has 1 aromatic carbocycles. The molecular formula is C18H23N3O4. The molecule has 0 saturated carbocycles. The fourth-order valence-electron chi connectivity index (χ4n) is 3.23. The maximum atomic E-state index is 12.5. The van der Waals surface area contributed by atoms with Crippen LogP contribution in [0.25, 0.3) is 0 Å². The van der Waals surface area contributed by atoms with Crippen LogP contribution in [0.15, 0.2) is 18.2 Å². The number of fused-ring (bicyclic) bond motifs is 1. The van der Waals surface area contributed by atoms with Crippen molar-refractivity contribution in [2.24, 2.45) is 5.92 Å². The molecule has 0 unspecified atom stereocenters. The molecule has 0 atom stereocenters. The van der Waals surface area contributed by atoms with Gasteiger partial charge in [-0.3, -0.25) is 14.4 Å². The monoisotopic (exact) mass is 345 g/mol. The molecule has 1 fully saturated rings. The lowest BCUT2D eigenvalue weighted by atomic mass is 9.96. The van der Waals surface area contributed by atoms with Gasteiger partial charge in [0.05, 0.1) is 18.7 Å². The Balaban J connectivity index is 1.67. The highest BCUT2D eigenvalue weighted by atomic mass is 16.5. The number of likely N-dealkylation sites (tertiary alicyclic amines) is 1. The van der Waals surface area contributed by atoms with Crippen molar-refractivity contribution in [2.75, 3.05) is 37.0 Å². The molecule has 0 aliphatic carbocycles. The highest BCUT2D eigenvalue weighted by molar-refractivity contribution is 5.98. The molecule has 1 saturated heterocycles. The molecule has 2 heterocycles. The topological polar surface area (TPSA) is 79.0 Å². The number of nitrogens with one attached hydrogen (secondary N) is 1. The van der Waals surface area contributed by atoms with Gasteiger partial charge in [0, 0.05) is 38.7 Å². The van der Waals surface area contributed by atoms with Gasteiger partial charge in [-0.2, -0.15) is 0 Å². The molecular weight excluding hydrogens is 322 g/mol. The number of carbonyl (C=O) groups excluding carboxylic acids is 3. The maximum Gasteiger partial charge on any atom is 0.230 e. The molecule has 3 rings (SSSR count). The molecule has 7 nitrogen and oxygen atoms in total. The number of hydrogen-bond acceptors (Lipinski definition) is 4. The summed E-state index contributed by atoms with van der Waals surface area (Å²) in [5.41, 5.74) is 1.30. The van der Waals surface area contributed by atoms with Crippen LogP contribution in [-0.4, -0.2) is 49.4 Å². The Labute approximate surface area is 146 Å².